The van der Waals surface area contributed by atoms with E-state index in [1.54, 1.807) is 54.6 Å². The molecule has 0 fully saturated rings. The Morgan fingerprint density at radius 3 is 0.500 bits per heavy atom. The summed E-state index contributed by atoms with van der Waals surface area (Å²) in [6.07, 6.45) is -5.08. The average Bonchev–Trinajstić information content (AvgIpc) is 2.67. The van der Waals surface area contributed by atoms with Gasteiger partial charge < -0.3 is 5.11 Å². The van der Waals surface area contributed by atoms with E-state index < -0.39 is 12.1 Å². The van der Waals surface area contributed by atoms with E-state index in [4.69, 9.17) is 57.3 Å². The number of hydrogen-bond donors (Lipinski definition) is 1. The lowest BCUT2D eigenvalue weighted by Crippen LogP contribution is -2.21. The lowest BCUT2D eigenvalue weighted by atomic mass is 10.7. The molecule has 0 radical (unpaired) electrons. The van der Waals surface area contributed by atoms with Crippen LogP contribution in [-0.2, 0) is 4.79 Å². The maximum atomic E-state index is 10.6. The maximum absolute atomic E-state index is 10.6. The first-order valence-electron chi connectivity index (χ1n) is 7.76. The van der Waals surface area contributed by atoms with Crippen LogP contribution in [0.25, 0.3) is 0 Å². The van der Waals surface area contributed by atoms with Crippen molar-refractivity contribution in [3.8, 4) is 54.6 Å². The highest BCUT2D eigenvalue weighted by atomic mass is 19.4. The molecule has 0 rings (SSSR count). The fourth-order valence-electron chi connectivity index (χ4n) is 0. The van der Waals surface area contributed by atoms with Gasteiger partial charge in [0.2, 0.25) is 0 Å². The third kappa shape index (κ3) is 39100. The van der Waals surface area contributed by atoms with E-state index in [2.05, 4.69) is 0 Å². The minimum absolute atomic E-state index is 1.43. The lowest BCUT2D eigenvalue weighted by molar-refractivity contribution is -0.192. The molecular weight excluding hydrogens is 455 g/mol. The Balaban J connectivity index is -0.0000000241. The number of carboxylic acids is 1. The zero-order chi connectivity index (χ0) is 30.4. The highest BCUT2D eigenvalue weighted by Gasteiger charge is 2.38. The van der Waals surface area contributed by atoms with Crippen LogP contribution in [0, 0.1) is 102 Å². The monoisotopic (exact) mass is 483 g/mol. The second kappa shape index (κ2) is 123. The Morgan fingerprint density at radius 2 is 0.500 bits per heavy atom. The van der Waals surface area contributed by atoms with Gasteiger partial charge in [0.1, 0.15) is 0 Å². The van der Waals surface area contributed by atoms with Crippen LogP contribution in [0.2, 0.25) is 0 Å². The first-order chi connectivity index (χ1) is 15.7. The number of carbonyl (C=O) groups is 1. The van der Waals surface area contributed by atoms with Crippen LogP contribution >= 0.6 is 0 Å². The summed E-state index contributed by atoms with van der Waals surface area (Å²) in [7, 11) is 0. The predicted octanol–water partition coefficient (Wildman–Crippen LogP) is 5.40. The largest absolute Gasteiger partial charge is 0.490 e. The van der Waals surface area contributed by atoms with E-state index in [9.17, 15) is 13.2 Å². The van der Waals surface area contributed by atoms with Crippen LogP contribution in [0.5, 0.6) is 0 Å². The van der Waals surface area contributed by atoms with Crippen LogP contribution in [0.3, 0.4) is 0 Å². The van der Waals surface area contributed by atoms with Gasteiger partial charge in [-0.05, 0) is 0 Å². The zero-order valence-electron chi connectivity index (χ0n) is 20.5. The molecule has 34 heavy (non-hydrogen) atoms. The molecule has 0 unspecified atom stereocenters. The minimum atomic E-state index is -5.08. The summed E-state index contributed by atoms with van der Waals surface area (Å²) < 4.78 is 31.7. The van der Waals surface area contributed by atoms with Crippen molar-refractivity contribution in [2.24, 2.45) is 0 Å². The Morgan fingerprint density at radius 1 is 0.471 bits per heavy atom. The van der Waals surface area contributed by atoms with Crippen molar-refractivity contribution in [2.45, 2.75) is 68.5 Å². The predicted molar refractivity (Wildman–Crippen MR) is 115 cm³/mol. The summed E-state index contributed by atoms with van der Waals surface area (Å²) in [5.41, 5.74) is 0. The van der Waals surface area contributed by atoms with Gasteiger partial charge in [0, 0.05) is 62.3 Å². The van der Waals surface area contributed by atoms with Gasteiger partial charge in [0.15, 0.2) is 0 Å². The molecule has 0 bridgehead atoms. The van der Waals surface area contributed by atoms with Gasteiger partial charge in [-0.25, -0.2) is 4.79 Å². The summed E-state index contributed by atoms with van der Waals surface area (Å²) in [6, 6.07) is 15.8. The first-order valence-corrected chi connectivity index (χ1v) is 7.76. The molecule has 0 saturated heterocycles. The number of nitrogens with zero attached hydrogens (tertiary/aromatic N) is 9. The molecule has 0 aliphatic heterocycles. The van der Waals surface area contributed by atoms with Gasteiger partial charge in [-0.1, -0.05) is 0 Å². The van der Waals surface area contributed by atoms with E-state index in [0.717, 1.165) is 0 Å². The molecular formula is C20H28F3N9O2. The number of carboxylic acid groups (broad SMARTS) is 1. The van der Waals surface area contributed by atoms with Gasteiger partial charge in [0.05, 0.1) is 54.6 Å². The topological polar surface area (TPSA) is 251 Å². The SMILES string of the molecule is CC#N.CC#N.CC#N.CC#N.CC#N.CC#N.CC#N.CC#N.CC#N.O=C(O)C(F)(F)F. The Hall–Kier alpha value is -5.33. The number of rotatable bonds is 0. The lowest BCUT2D eigenvalue weighted by Gasteiger charge is -1.93. The smallest absolute Gasteiger partial charge is 0.475 e. The molecule has 0 aliphatic carbocycles. The van der Waals surface area contributed by atoms with Gasteiger partial charge in [-0.3, -0.25) is 0 Å². The molecule has 1 N–H and O–H groups in total. The summed E-state index contributed by atoms with van der Waals surface area (Å²) in [5.74, 6) is -2.76. The molecule has 0 heterocycles. The Bertz CT molecular complexity index is 579. The van der Waals surface area contributed by atoms with Crippen LogP contribution in [-0.4, -0.2) is 17.3 Å². The fourth-order valence-corrected chi connectivity index (χ4v) is 0. The Kier molecular flexibility index (Phi) is 227. The second-order valence-corrected chi connectivity index (χ2v) is 2.82. The van der Waals surface area contributed by atoms with Crippen molar-refractivity contribution < 1.29 is 23.1 Å². The van der Waals surface area contributed by atoms with Crippen LogP contribution < -0.4 is 0 Å². The molecule has 186 valence electrons. The molecule has 0 spiro atoms. The van der Waals surface area contributed by atoms with Gasteiger partial charge in [0.25, 0.3) is 0 Å². The van der Waals surface area contributed by atoms with E-state index >= 15 is 0 Å². The van der Waals surface area contributed by atoms with Crippen molar-refractivity contribution in [1.29, 1.82) is 47.4 Å². The fraction of sp³-hybridized carbons (Fsp3) is 0.500. The van der Waals surface area contributed by atoms with E-state index in [1.165, 1.54) is 62.3 Å². The van der Waals surface area contributed by atoms with Crippen molar-refractivity contribution in [3.05, 3.63) is 0 Å². The highest BCUT2D eigenvalue weighted by molar-refractivity contribution is 5.73. The van der Waals surface area contributed by atoms with Crippen molar-refractivity contribution in [2.75, 3.05) is 0 Å². The zero-order valence-corrected chi connectivity index (χ0v) is 20.5. The minimum Gasteiger partial charge on any atom is -0.475 e. The summed E-state index contributed by atoms with van der Waals surface area (Å²) in [6.45, 7) is 12.9. The molecule has 11 nitrogen and oxygen atoms in total. The van der Waals surface area contributed by atoms with Crippen molar-refractivity contribution in [1.82, 2.24) is 0 Å². The van der Waals surface area contributed by atoms with Crippen LogP contribution in [0.15, 0.2) is 0 Å². The van der Waals surface area contributed by atoms with Crippen molar-refractivity contribution in [3.63, 3.8) is 0 Å². The van der Waals surface area contributed by atoms with Crippen molar-refractivity contribution >= 4 is 5.97 Å². The molecule has 0 atom stereocenters. The molecule has 0 aromatic heterocycles. The first kappa shape index (κ1) is 63.0. The molecule has 14 heteroatoms. The number of nitriles is 9. The summed E-state index contributed by atoms with van der Waals surface area (Å²) in [5, 5.41) is 73.0. The van der Waals surface area contributed by atoms with Crippen LogP contribution in [0.1, 0.15) is 62.3 Å². The summed E-state index contributed by atoms with van der Waals surface area (Å²) >= 11 is 0. The Labute approximate surface area is 200 Å². The normalized spacial score (nSPS) is 4.44. The molecule has 0 aromatic carbocycles. The molecule has 0 saturated carbocycles. The number of hydrogen-bond acceptors (Lipinski definition) is 10. The van der Waals surface area contributed by atoms with E-state index in [0.29, 0.717) is 0 Å². The number of alkyl halides is 3. The van der Waals surface area contributed by atoms with Gasteiger partial charge in [-0.2, -0.15) is 60.5 Å². The molecule has 0 aliphatic rings. The number of aliphatic carboxylic acids is 1. The van der Waals surface area contributed by atoms with Crippen LogP contribution in [0.4, 0.5) is 13.2 Å². The third-order valence-corrected chi connectivity index (χ3v) is 0.243. The van der Waals surface area contributed by atoms with Gasteiger partial charge in [-0.15, -0.1) is 0 Å². The van der Waals surface area contributed by atoms with Gasteiger partial charge >= 0.3 is 12.1 Å². The summed E-state index contributed by atoms with van der Waals surface area (Å²) in [4.78, 5) is 8.90. The third-order valence-electron chi connectivity index (χ3n) is 0.243. The maximum Gasteiger partial charge on any atom is 0.490 e. The standard InChI is InChI=1S/C2HF3O2.9C2H3N/c3-2(4,5)1(6)7;9*1-2-3/h(H,6,7);9*1H3. The second-order valence-electron chi connectivity index (χ2n) is 2.82. The highest BCUT2D eigenvalue weighted by Crippen LogP contribution is 2.13. The van der Waals surface area contributed by atoms with E-state index in [1.807, 2.05) is 0 Å². The average molecular weight is 483 g/mol. The molecule has 0 amide bonds. The molecule has 0 aromatic rings. The van der Waals surface area contributed by atoms with E-state index in [-0.39, 0.29) is 0 Å². The number of halogens is 3. The quantitative estimate of drug-likeness (QED) is 0.455.